The third-order valence-corrected chi connectivity index (χ3v) is 4.79. The number of halogens is 1. The number of aryl methyl sites for hydroxylation is 3. The molecule has 0 bridgehead atoms. The normalized spacial score (nSPS) is 10.8. The lowest BCUT2D eigenvalue weighted by molar-refractivity contribution is -0.118. The summed E-state index contributed by atoms with van der Waals surface area (Å²) in [4.78, 5) is 16.6. The van der Waals surface area contributed by atoms with Gasteiger partial charge in [-0.3, -0.25) is 10.1 Å². The van der Waals surface area contributed by atoms with Gasteiger partial charge in [0.25, 0.3) is 5.91 Å². The summed E-state index contributed by atoms with van der Waals surface area (Å²) < 4.78 is 6.71. The molecule has 0 radical (unpaired) electrons. The molecule has 24 heavy (non-hydrogen) atoms. The summed E-state index contributed by atoms with van der Waals surface area (Å²) >= 11 is 7.46. The number of ether oxygens (including phenoxy) is 1. The molecule has 1 heterocycles. The van der Waals surface area contributed by atoms with E-state index in [-0.39, 0.29) is 12.5 Å². The zero-order chi connectivity index (χ0) is 17.3. The molecule has 124 valence electrons. The molecule has 3 aromatic rings. The van der Waals surface area contributed by atoms with Crippen molar-refractivity contribution in [1.82, 2.24) is 4.98 Å². The fourth-order valence-electron chi connectivity index (χ4n) is 2.56. The van der Waals surface area contributed by atoms with Gasteiger partial charge in [-0.25, -0.2) is 4.98 Å². The summed E-state index contributed by atoms with van der Waals surface area (Å²) in [5.41, 5.74) is 3.82. The number of fused-ring (bicyclic) bond motifs is 1. The molecule has 0 spiro atoms. The highest BCUT2D eigenvalue weighted by atomic mass is 35.5. The van der Waals surface area contributed by atoms with Crippen LogP contribution >= 0.6 is 22.9 Å². The molecule has 0 saturated heterocycles. The Morgan fingerprint density at radius 3 is 2.58 bits per heavy atom. The maximum absolute atomic E-state index is 12.1. The van der Waals surface area contributed by atoms with E-state index in [0.717, 1.165) is 26.9 Å². The molecule has 0 aliphatic rings. The molecule has 4 nitrogen and oxygen atoms in total. The van der Waals surface area contributed by atoms with Gasteiger partial charge >= 0.3 is 0 Å². The van der Waals surface area contributed by atoms with Gasteiger partial charge < -0.3 is 4.74 Å². The standard InChI is InChI=1S/C18H17ClN2O2S/c1-10-5-4-6-14-16(10)21-18(24-14)20-15(22)9-23-17-11(2)7-13(19)8-12(17)3/h4-8H,9H2,1-3H3,(H,20,21,22). The van der Waals surface area contributed by atoms with E-state index in [1.165, 1.54) is 11.3 Å². The second kappa shape index (κ2) is 6.79. The minimum Gasteiger partial charge on any atom is -0.483 e. The number of carbonyl (C=O) groups is 1. The molecule has 0 atom stereocenters. The van der Waals surface area contributed by atoms with Gasteiger partial charge in [-0.05, 0) is 55.7 Å². The van der Waals surface area contributed by atoms with Crippen LogP contribution in [0, 0.1) is 20.8 Å². The number of aromatic nitrogens is 1. The van der Waals surface area contributed by atoms with Crippen LogP contribution in [0.5, 0.6) is 5.75 Å². The van der Waals surface area contributed by atoms with E-state index in [2.05, 4.69) is 10.3 Å². The lowest BCUT2D eigenvalue weighted by Crippen LogP contribution is -2.20. The molecule has 1 aromatic heterocycles. The van der Waals surface area contributed by atoms with Crippen LogP contribution in [0.3, 0.4) is 0 Å². The molecule has 0 aliphatic heterocycles. The second-order valence-electron chi connectivity index (χ2n) is 5.65. The highest BCUT2D eigenvalue weighted by Gasteiger charge is 2.12. The average molecular weight is 361 g/mol. The van der Waals surface area contributed by atoms with Crippen molar-refractivity contribution in [2.45, 2.75) is 20.8 Å². The molecular weight excluding hydrogens is 344 g/mol. The van der Waals surface area contributed by atoms with Gasteiger partial charge in [0.1, 0.15) is 5.75 Å². The maximum atomic E-state index is 12.1. The number of thiazole rings is 1. The summed E-state index contributed by atoms with van der Waals surface area (Å²) in [6.45, 7) is 5.74. The van der Waals surface area contributed by atoms with Gasteiger partial charge in [-0.15, -0.1) is 0 Å². The summed E-state index contributed by atoms with van der Waals surface area (Å²) in [6.07, 6.45) is 0. The molecule has 0 unspecified atom stereocenters. The number of rotatable bonds is 4. The van der Waals surface area contributed by atoms with Crippen molar-refractivity contribution < 1.29 is 9.53 Å². The predicted octanol–water partition coefficient (Wildman–Crippen LogP) is 4.89. The number of benzene rings is 2. The number of hydrogen-bond donors (Lipinski definition) is 1. The van der Waals surface area contributed by atoms with Crippen molar-refractivity contribution in [3.05, 3.63) is 52.0 Å². The van der Waals surface area contributed by atoms with Crippen molar-refractivity contribution in [1.29, 1.82) is 0 Å². The van der Waals surface area contributed by atoms with Crippen LogP contribution in [0.4, 0.5) is 5.13 Å². The van der Waals surface area contributed by atoms with Gasteiger partial charge in [0.05, 0.1) is 10.2 Å². The van der Waals surface area contributed by atoms with Crippen LogP contribution in [0.2, 0.25) is 5.02 Å². The topological polar surface area (TPSA) is 51.2 Å². The molecular formula is C18H17ClN2O2S. The highest BCUT2D eigenvalue weighted by molar-refractivity contribution is 7.22. The molecule has 1 amide bonds. The van der Waals surface area contributed by atoms with Crippen molar-refractivity contribution in [3.63, 3.8) is 0 Å². The van der Waals surface area contributed by atoms with Gasteiger partial charge in [0.15, 0.2) is 11.7 Å². The minimum atomic E-state index is -0.236. The van der Waals surface area contributed by atoms with E-state index in [0.29, 0.717) is 15.9 Å². The quantitative estimate of drug-likeness (QED) is 0.720. The molecule has 3 rings (SSSR count). The van der Waals surface area contributed by atoms with Crippen LogP contribution in [-0.4, -0.2) is 17.5 Å². The first kappa shape index (κ1) is 16.7. The largest absolute Gasteiger partial charge is 0.483 e. The molecule has 6 heteroatoms. The smallest absolute Gasteiger partial charge is 0.264 e. The minimum absolute atomic E-state index is 0.0712. The van der Waals surface area contributed by atoms with E-state index in [1.54, 1.807) is 0 Å². The molecule has 2 aromatic carbocycles. The van der Waals surface area contributed by atoms with E-state index in [4.69, 9.17) is 16.3 Å². The fraction of sp³-hybridized carbons (Fsp3) is 0.222. The SMILES string of the molecule is Cc1cc(Cl)cc(C)c1OCC(=O)Nc1nc2c(C)cccc2s1. The summed E-state index contributed by atoms with van der Waals surface area (Å²) in [7, 11) is 0. The zero-order valence-electron chi connectivity index (χ0n) is 13.6. The number of nitrogens with one attached hydrogen (secondary N) is 1. The predicted molar refractivity (Wildman–Crippen MR) is 99.4 cm³/mol. The molecule has 0 saturated carbocycles. The second-order valence-corrected chi connectivity index (χ2v) is 7.11. The number of para-hydroxylation sites is 1. The van der Waals surface area contributed by atoms with Gasteiger partial charge in [-0.1, -0.05) is 35.1 Å². The third kappa shape index (κ3) is 3.52. The van der Waals surface area contributed by atoms with E-state index in [9.17, 15) is 4.79 Å². The van der Waals surface area contributed by atoms with Crippen molar-refractivity contribution in [2.24, 2.45) is 0 Å². The van der Waals surface area contributed by atoms with E-state index < -0.39 is 0 Å². The number of nitrogens with zero attached hydrogens (tertiary/aromatic N) is 1. The Hall–Kier alpha value is -2.11. The van der Waals surface area contributed by atoms with Crippen LogP contribution in [0.15, 0.2) is 30.3 Å². The van der Waals surface area contributed by atoms with Crippen LogP contribution < -0.4 is 10.1 Å². The number of hydrogen-bond acceptors (Lipinski definition) is 4. The first-order valence-electron chi connectivity index (χ1n) is 7.49. The first-order chi connectivity index (χ1) is 11.4. The van der Waals surface area contributed by atoms with Crippen LogP contribution in [0.1, 0.15) is 16.7 Å². The number of amides is 1. The van der Waals surface area contributed by atoms with Crippen molar-refractivity contribution in [2.75, 3.05) is 11.9 Å². The highest BCUT2D eigenvalue weighted by Crippen LogP contribution is 2.29. The Labute approximate surface area is 149 Å². The summed E-state index contributed by atoms with van der Waals surface area (Å²) in [6, 6.07) is 9.61. The van der Waals surface area contributed by atoms with E-state index in [1.807, 2.05) is 51.1 Å². The lowest BCUT2D eigenvalue weighted by atomic mass is 10.1. The van der Waals surface area contributed by atoms with Crippen molar-refractivity contribution in [3.8, 4) is 5.75 Å². The lowest BCUT2D eigenvalue weighted by Gasteiger charge is -2.12. The van der Waals surface area contributed by atoms with Crippen LogP contribution in [-0.2, 0) is 4.79 Å². The number of carbonyl (C=O) groups excluding carboxylic acids is 1. The summed E-state index contributed by atoms with van der Waals surface area (Å²) in [5.74, 6) is 0.454. The molecule has 0 aliphatic carbocycles. The zero-order valence-corrected chi connectivity index (χ0v) is 15.2. The number of anilines is 1. The third-order valence-electron chi connectivity index (χ3n) is 3.64. The van der Waals surface area contributed by atoms with Gasteiger partial charge in [0.2, 0.25) is 0 Å². The Kier molecular flexibility index (Phi) is 4.73. The van der Waals surface area contributed by atoms with Crippen LogP contribution in [0.25, 0.3) is 10.2 Å². The first-order valence-corrected chi connectivity index (χ1v) is 8.69. The average Bonchev–Trinajstić information content (AvgIpc) is 2.90. The molecule has 0 fully saturated rings. The Balaban J connectivity index is 1.68. The fourth-order valence-corrected chi connectivity index (χ4v) is 3.85. The molecule has 1 N–H and O–H groups in total. The Morgan fingerprint density at radius 1 is 1.21 bits per heavy atom. The van der Waals surface area contributed by atoms with E-state index >= 15 is 0 Å². The Bertz CT molecular complexity index is 898. The maximum Gasteiger partial charge on any atom is 0.264 e. The summed E-state index contributed by atoms with van der Waals surface area (Å²) in [5, 5.41) is 4.04. The monoisotopic (exact) mass is 360 g/mol. The van der Waals surface area contributed by atoms with Gasteiger partial charge in [-0.2, -0.15) is 0 Å². The van der Waals surface area contributed by atoms with Crippen molar-refractivity contribution >= 4 is 44.2 Å². The Morgan fingerprint density at radius 2 is 1.92 bits per heavy atom. The van der Waals surface area contributed by atoms with Gasteiger partial charge in [0, 0.05) is 5.02 Å².